The Hall–Kier alpha value is -0.860. The molecule has 0 aliphatic heterocycles. The van der Waals surface area contributed by atoms with E-state index in [1.807, 2.05) is 0 Å². The standard InChI is InChI=1S/C18H29NO/c1-3-4-5-16-8-10-18(11-9-16)15(2)19-12-13-20-14-17-6-7-17/h8-11,15,17,19H,3-7,12-14H2,1-2H3. The molecule has 1 fully saturated rings. The molecule has 1 atom stereocenters. The summed E-state index contributed by atoms with van der Waals surface area (Å²) < 4.78 is 5.64. The van der Waals surface area contributed by atoms with Crippen LogP contribution in [0.3, 0.4) is 0 Å². The third kappa shape index (κ3) is 5.64. The van der Waals surface area contributed by atoms with Crippen LogP contribution in [0.5, 0.6) is 0 Å². The molecular formula is C18H29NO. The molecule has 112 valence electrons. The number of nitrogens with one attached hydrogen (secondary N) is 1. The Balaban J connectivity index is 1.64. The molecule has 2 nitrogen and oxygen atoms in total. The number of ether oxygens (including phenoxy) is 1. The summed E-state index contributed by atoms with van der Waals surface area (Å²) in [4.78, 5) is 0. The van der Waals surface area contributed by atoms with Crippen molar-refractivity contribution in [3.05, 3.63) is 35.4 Å². The van der Waals surface area contributed by atoms with Crippen molar-refractivity contribution >= 4 is 0 Å². The predicted octanol–water partition coefficient (Wildman–Crippen LogP) is 4.11. The molecule has 0 amide bonds. The maximum Gasteiger partial charge on any atom is 0.0591 e. The number of unbranched alkanes of at least 4 members (excludes halogenated alkanes) is 1. The summed E-state index contributed by atoms with van der Waals surface area (Å²) in [6, 6.07) is 9.46. The van der Waals surface area contributed by atoms with Crippen molar-refractivity contribution in [3.63, 3.8) is 0 Å². The van der Waals surface area contributed by atoms with Gasteiger partial charge in [-0.25, -0.2) is 0 Å². The molecule has 0 radical (unpaired) electrons. The van der Waals surface area contributed by atoms with Crippen LogP contribution in [0.1, 0.15) is 56.7 Å². The molecule has 2 heteroatoms. The first-order valence-corrected chi connectivity index (χ1v) is 8.19. The molecule has 0 spiro atoms. The number of rotatable bonds is 10. The molecule has 0 bridgehead atoms. The van der Waals surface area contributed by atoms with Crippen molar-refractivity contribution < 1.29 is 4.74 Å². The van der Waals surface area contributed by atoms with E-state index in [1.54, 1.807) is 0 Å². The van der Waals surface area contributed by atoms with E-state index >= 15 is 0 Å². The smallest absolute Gasteiger partial charge is 0.0591 e. The van der Waals surface area contributed by atoms with Gasteiger partial charge < -0.3 is 10.1 Å². The summed E-state index contributed by atoms with van der Waals surface area (Å²) in [5.74, 6) is 0.864. The van der Waals surface area contributed by atoms with Crippen molar-refractivity contribution in [2.24, 2.45) is 5.92 Å². The molecule has 1 aliphatic carbocycles. The zero-order valence-corrected chi connectivity index (χ0v) is 13.0. The Bertz CT molecular complexity index is 370. The Kier molecular flexibility index (Phi) is 6.55. The largest absolute Gasteiger partial charge is 0.380 e. The van der Waals surface area contributed by atoms with Gasteiger partial charge in [0, 0.05) is 19.2 Å². The van der Waals surface area contributed by atoms with E-state index in [1.165, 1.54) is 43.2 Å². The lowest BCUT2D eigenvalue weighted by Gasteiger charge is -2.15. The number of aryl methyl sites for hydroxylation is 1. The minimum atomic E-state index is 0.403. The van der Waals surface area contributed by atoms with Crippen LogP contribution in [0.15, 0.2) is 24.3 Å². The first-order valence-electron chi connectivity index (χ1n) is 8.19. The molecule has 0 saturated heterocycles. The first kappa shape index (κ1) is 15.5. The summed E-state index contributed by atoms with van der Waals surface area (Å²) in [7, 11) is 0. The number of hydrogen-bond donors (Lipinski definition) is 1. The molecule has 20 heavy (non-hydrogen) atoms. The van der Waals surface area contributed by atoms with E-state index in [0.29, 0.717) is 6.04 Å². The van der Waals surface area contributed by atoms with Crippen molar-refractivity contribution in [1.29, 1.82) is 0 Å². The van der Waals surface area contributed by atoms with Gasteiger partial charge in [-0.15, -0.1) is 0 Å². The van der Waals surface area contributed by atoms with E-state index in [-0.39, 0.29) is 0 Å². The van der Waals surface area contributed by atoms with Gasteiger partial charge in [-0.3, -0.25) is 0 Å². The highest BCUT2D eigenvalue weighted by Gasteiger charge is 2.20. The number of benzene rings is 1. The molecular weight excluding hydrogens is 246 g/mol. The minimum Gasteiger partial charge on any atom is -0.380 e. The third-order valence-electron chi connectivity index (χ3n) is 4.05. The van der Waals surface area contributed by atoms with Gasteiger partial charge in [0.1, 0.15) is 0 Å². The van der Waals surface area contributed by atoms with Crippen molar-refractivity contribution in [3.8, 4) is 0 Å². The fraction of sp³-hybridized carbons (Fsp3) is 0.667. The maximum absolute atomic E-state index is 5.64. The second kappa shape index (κ2) is 8.43. The number of hydrogen-bond acceptors (Lipinski definition) is 2. The fourth-order valence-corrected chi connectivity index (χ4v) is 2.35. The summed E-state index contributed by atoms with van der Waals surface area (Å²) >= 11 is 0. The van der Waals surface area contributed by atoms with E-state index in [4.69, 9.17) is 4.74 Å². The van der Waals surface area contributed by atoms with E-state index in [2.05, 4.69) is 43.4 Å². The summed E-state index contributed by atoms with van der Waals surface area (Å²) in [6.45, 7) is 7.19. The van der Waals surface area contributed by atoms with Crippen LogP contribution < -0.4 is 5.32 Å². The quantitative estimate of drug-likeness (QED) is 0.649. The van der Waals surface area contributed by atoms with Gasteiger partial charge in [-0.1, -0.05) is 37.6 Å². The van der Waals surface area contributed by atoms with Crippen molar-refractivity contribution in [1.82, 2.24) is 5.32 Å². The Morgan fingerprint density at radius 3 is 2.65 bits per heavy atom. The Labute approximate surface area is 123 Å². The highest BCUT2D eigenvalue weighted by atomic mass is 16.5. The lowest BCUT2D eigenvalue weighted by molar-refractivity contribution is 0.124. The van der Waals surface area contributed by atoms with E-state index in [0.717, 1.165) is 25.7 Å². The van der Waals surface area contributed by atoms with Crippen LogP contribution in [0.2, 0.25) is 0 Å². The van der Waals surface area contributed by atoms with Crippen LogP contribution in [0.25, 0.3) is 0 Å². The zero-order valence-electron chi connectivity index (χ0n) is 13.0. The van der Waals surface area contributed by atoms with Crippen molar-refractivity contribution in [2.75, 3.05) is 19.8 Å². The zero-order chi connectivity index (χ0) is 14.2. The van der Waals surface area contributed by atoms with Crippen LogP contribution >= 0.6 is 0 Å². The van der Waals surface area contributed by atoms with Gasteiger partial charge in [0.2, 0.25) is 0 Å². The second-order valence-electron chi connectivity index (χ2n) is 6.04. The molecule has 1 saturated carbocycles. The van der Waals surface area contributed by atoms with Gasteiger partial charge in [-0.2, -0.15) is 0 Å². The Morgan fingerprint density at radius 2 is 2.00 bits per heavy atom. The third-order valence-corrected chi connectivity index (χ3v) is 4.05. The first-order chi connectivity index (χ1) is 9.79. The van der Waals surface area contributed by atoms with Gasteiger partial charge in [0.25, 0.3) is 0 Å². The Morgan fingerprint density at radius 1 is 1.25 bits per heavy atom. The highest BCUT2D eigenvalue weighted by Crippen LogP contribution is 2.28. The summed E-state index contributed by atoms with van der Waals surface area (Å²) in [6.07, 6.45) is 6.49. The monoisotopic (exact) mass is 275 g/mol. The maximum atomic E-state index is 5.64. The average molecular weight is 275 g/mol. The van der Waals surface area contributed by atoms with Crippen LogP contribution in [0, 0.1) is 5.92 Å². The van der Waals surface area contributed by atoms with E-state index < -0.39 is 0 Å². The second-order valence-corrected chi connectivity index (χ2v) is 6.04. The van der Waals surface area contributed by atoms with Gasteiger partial charge in [0.15, 0.2) is 0 Å². The normalized spacial score (nSPS) is 16.3. The van der Waals surface area contributed by atoms with Crippen LogP contribution in [-0.2, 0) is 11.2 Å². The molecule has 0 aromatic heterocycles. The van der Waals surface area contributed by atoms with E-state index in [9.17, 15) is 0 Å². The molecule has 1 N–H and O–H groups in total. The van der Waals surface area contributed by atoms with Gasteiger partial charge >= 0.3 is 0 Å². The van der Waals surface area contributed by atoms with Gasteiger partial charge in [-0.05, 0) is 49.7 Å². The fourth-order valence-electron chi connectivity index (χ4n) is 2.35. The SMILES string of the molecule is CCCCc1ccc(C(C)NCCOCC2CC2)cc1. The topological polar surface area (TPSA) is 21.3 Å². The minimum absolute atomic E-state index is 0.403. The van der Waals surface area contributed by atoms with Crippen LogP contribution in [-0.4, -0.2) is 19.8 Å². The predicted molar refractivity (Wildman–Crippen MR) is 85.0 cm³/mol. The summed E-state index contributed by atoms with van der Waals surface area (Å²) in [5.41, 5.74) is 2.82. The lowest BCUT2D eigenvalue weighted by atomic mass is 10.0. The van der Waals surface area contributed by atoms with Crippen molar-refractivity contribution in [2.45, 2.75) is 52.0 Å². The molecule has 0 heterocycles. The molecule has 1 aliphatic rings. The van der Waals surface area contributed by atoms with Gasteiger partial charge in [0.05, 0.1) is 6.61 Å². The lowest BCUT2D eigenvalue weighted by Crippen LogP contribution is -2.23. The average Bonchev–Trinajstić information content (AvgIpc) is 3.29. The molecule has 1 unspecified atom stereocenters. The van der Waals surface area contributed by atoms with Crippen LogP contribution in [0.4, 0.5) is 0 Å². The highest BCUT2D eigenvalue weighted by molar-refractivity contribution is 5.24. The molecule has 1 aromatic rings. The molecule has 2 rings (SSSR count). The molecule has 1 aromatic carbocycles. The summed E-state index contributed by atoms with van der Waals surface area (Å²) in [5, 5.41) is 3.53.